The summed E-state index contributed by atoms with van der Waals surface area (Å²) in [7, 11) is 1.27. The monoisotopic (exact) mass is 395 g/mol. The van der Waals surface area contributed by atoms with Crippen molar-refractivity contribution in [3.05, 3.63) is 25.3 Å². The van der Waals surface area contributed by atoms with Crippen molar-refractivity contribution in [2.45, 2.75) is 77.7 Å². The Bertz CT molecular complexity index is 595. The summed E-state index contributed by atoms with van der Waals surface area (Å²) in [6.45, 7) is 14.0. The van der Waals surface area contributed by atoms with E-state index >= 15 is 0 Å². The molecule has 0 aromatic heterocycles. The number of rotatable bonds is 8. The molecule has 1 saturated heterocycles. The molecule has 1 amide bonds. The Morgan fingerprint density at radius 3 is 2.07 bits per heavy atom. The number of methoxy groups -OCH3 is 1. The molecule has 0 aromatic carbocycles. The van der Waals surface area contributed by atoms with Crippen molar-refractivity contribution in [1.29, 1.82) is 0 Å². The number of hydrogen-bond acceptors (Lipinski definition) is 6. The van der Waals surface area contributed by atoms with Crippen molar-refractivity contribution < 1.29 is 28.6 Å². The Labute approximate surface area is 167 Å². The van der Waals surface area contributed by atoms with Crippen molar-refractivity contribution in [2.24, 2.45) is 5.41 Å². The van der Waals surface area contributed by atoms with Gasteiger partial charge in [-0.1, -0.05) is 12.2 Å². The van der Waals surface area contributed by atoms with Gasteiger partial charge in [0.25, 0.3) is 0 Å². The Morgan fingerprint density at radius 2 is 1.68 bits per heavy atom. The van der Waals surface area contributed by atoms with Gasteiger partial charge in [0.2, 0.25) is 0 Å². The zero-order valence-electron chi connectivity index (χ0n) is 17.7. The Hall–Kier alpha value is -2.31. The minimum absolute atomic E-state index is 0.304. The summed E-state index contributed by atoms with van der Waals surface area (Å²) in [4.78, 5) is 38.6. The van der Waals surface area contributed by atoms with Crippen LogP contribution < -0.4 is 0 Å². The molecule has 1 rings (SSSR count). The van der Waals surface area contributed by atoms with Gasteiger partial charge in [0.1, 0.15) is 11.6 Å². The third-order valence-electron chi connectivity index (χ3n) is 4.76. The van der Waals surface area contributed by atoms with Gasteiger partial charge in [0, 0.05) is 12.3 Å². The molecule has 0 spiro atoms. The lowest BCUT2D eigenvalue weighted by molar-refractivity contribution is -0.167. The van der Waals surface area contributed by atoms with Crippen molar-refractivity contribution >= 4 is 18.0 Å². The fraction of sp³-hybridized carbons (Fsp3) is 0.667. The molecule has 7 nitrogen and oxygen atoms in total. The molecule has 28 heavy (non-hydrogen) atoms. The first-order chi connectivity index (χ1) is 13.0. The number of carbonyl (C=O) groups is 3. The molecule has 7 heteroatoms. The van der Waals surface area contributed by atoms with E-state index in [4.69, 9.17) is 14.2 Å². The molecule has 0 saturated carbocycles. The first-order valence-electron chi connectivity index (χ1n) is 9.49. The summed E-state index contributed by atoms with van der Waals surface area (Å²) in [6, 6.07) is -0.904. The predicted molar refractivity (Wildman–Crippen MR) is 105 cm³/mol. The van der Waals surface area contributed by atoms with E-state index in [-0.39, 0.29) is 0 Å². The highest BCUT2D eigenvalue weighted by molar-refractivity contribution is 5.83. The summed E-state index contributed by atoms with van der Waals surface area (Å²) in [5.74, 6) is -1.10. The minimum atomic E-state index is -0.941. The van der Waals surface area contributed by atoms with Gasteiger partial charge >= 0.3 is 18.0 Å². The third kappa shape index (κ3) is 5.84. The third-order valence-corrected chi connectivity index (χ3v) is 4.76. The van der Waals surface area contributed by atoms with Gasteiger partial charge in [-0.05, 0) is 52.9 Å². The van der Waals surface area contributed by atoms with Gasteiger partial charge in [-0.3, -0.25) is 9.69 Å². The van der Waals surface area contributed by atoms with Crippen LogP contribution in [0.5, 0.6) is 0 Å². The summed E-state index contributed by atoms with van der Waals surface area (Å²) < 4.78 is 16.0. The van der Waals surface area contributed by atoms with E-state index in [9.17, 15) is 14.4 Å². The lowest BCUT2D eigenvalue weighted by Gasteiger charge is -2.37. The Morgan fingerprint density at radius 1 is 1.14 bits per heavy atom. The van der Waals surface area contributed by atoms with Crippen LogP contribution in [0.4, 0.5) is 4.79 Å². The van der Waals surface area contributed by atoms with Gasteiger partial charge < -0.3 is 14.2 Å². The molecule has 1 aliphatic rings. The van der Waals surface area contributed by atoms with Crippen LogP contribution in [0.1, 0.15) is 59.8 Å². The fourth-order valence-corrected chi connectivity index (χ4v) is 3.61. The predicted octanol–water partition coefficient (Wildman–Crippen LogP) is 3.98. The molecule has 0 radical (unpaired) electrons. The van der Waals surface area contributed by atoms with Crippen molar-refractivity contribution in [3.63, 3.8) is 0 Å². The Kier molecular flexibility index (Phi) is 8.27. The summed E-state index contributed by atoms with van der Waals surface area (Å²) in [5.41, 5.74) is -1.41. The zero-order valence-corrected chi connectivity index (χ0v) is 17.7. The lowest BCUT2D eigenvalue weighted by Crippen LogP contribution is -2.51. The number of esters is 2. The van der Waals surface area contributed by atoms with E-state index in [2.05, 4.69) is 13.2 Å². The van der Waals surface area contributed by atoms with E-state index in [1.165, 1.54) is 18.9 Å². The highest BCUT2D eigenvalue weighted by Gasteiger charge is 2.58. The molecule has 1 aliphatic heterocycles. The second kappa shape index (κ2) is 9.75. The number of allylic oxidation sites excluding steroid dienone is 2. The molecule has 0 bridgehead atoms. The number of hydrogen-bond donors (Lipinski definition) is 0. The molecule has 0 aliphatic carbocycles. The quantitative estimate of drug-likeness (QED) is 0.351. The molecule has 2 atom stereocenters. The number of amides is 1. The molecule has 1 heterocycles. The number of nitrogens with zero attached hydrogens (tertiary/aromatic N) is 1. The average Bonchev–Trinajstić information content (AvgIpc) is 2.90. The number of ether oxygens (including phenoxy) is 3. The molecule has 0 N–H and O–H groups in total. The van der Waals surface area contributed by atoms with Gasteiger partial charge in [-0.15, -0.1) is 13.2 Å². The SMILES string of the molecule is C=CCCC1(CCC=C)C[C@@H](C(=O)OC)N(C(=O)OC(C)(C)C)C1OC(C)=O. The molecular weight excluding hydrogens is 362 g/mol. The molecule has 1 fully saturated rings. The van der Waals surface area contributed by atoms with Gasteiger partial charge in [-0.2, -0.15) is 0 Å². The first kappa shape index (κ1) is 23.7. The van der Waals surface area contributed by atoms with Crippen LogP contribution in [0.25, 0.3) is 0 Å². The zero-order chi connectivity index (χ0) is 21.5. The maximum atomic E-state index is 13.0. The molecular formula is C21H33NO6. The van der Waals surface area contributed by atoms with Gasteiger partial charge in [0.15, 0.2) is 6.23 Å². The van der Waals surface area contributed by atoms with Crippen LogP contribution in [0.3, 0.4) is 0 Å². The maximum absolute atomic E-state index is 13.0. The maximum Gasteiger partial charge on any atom is 0.413 e. The van der Waals surface area contributed by atoms with Crippen molar-refractivity contribution in [2.75, 3.05) is 7.11 Å². The smallest absolute Gasteiger partial charge is 0.413 e. The molecule has 1 unspecified atom stereocenters. The average molecular weight is 395 g/mol. The fourth-order valence-electron chi connectivity index (χ4n) is 3.61. The first-order valence-corrected chi connectivity index (χ1v) is 9.49. The number of carbonyl (C=O) groups excluding carboxylic acids is 3. The second-order valence-corrected chi connectivity index (χ2v) is 8.11. The summed E-state index contributed by atoms with van der Waals surface area (Å²) in [5, 5.41) is 0. The summed E-state index contributed by atoms with van der Waals surface area (Å²) in [6.07, 6.45) is 4.66. The van der Waals surface area contributed by atoms with Crippen molar-refractivity contribution in [3.8, 4) is 0 Å². The van der Waals surface area contributed by atoms with Crippen LogP contribution in [0.15, 0.2) is 25.3 Å². The van der Waals surface area contributed by atoms with Crippen molar-refractivity contribution in [1.82, 2.24) is 4.90 Å². The van der Waals surface area contributed by atoms with E-state index in [1.54, 1.807) is 32.9 Å². The Balaban J connectivity index is 3.46. The molecule has 158 valence electrons. The van der Waals surface area contributed by atoms with Crippen LogP contribution in [0, 0.1) is 5.41 Å². The normalized spacial score (nSPS) is 21.0. The van der Waals surface area contributed by atoms with E-state index in [0.717, 1.165) is 0 Å². The van der Waals surface area contributed by atoms with Crippen LogP contribution in [-0.2, 0) is 23.8 Å². The van der Waals surface area contributed by atoms with Crippen LogP contribution in [-0.4, -0.2) is 47.9 Å². The van der Waals surface area contributed by atoms with Gasteiger partial charge in [0.05, 0.1) is 7.11 Å². The van der Waals surface area contributed by atoms with Gasteiger partial charge in [-0.25, -0.2) is 9.59 Å². The van der Waals surface area contributed by atoms with Crippen LogP contribution >= 0.6 is 0 Å². The topological polar surface area (TPSA) is 82.1 Å². The largest absolute Gasteiger partial charge is 0.467 e. The standard InChI is InChI=1S/C21H33NO6/c1-8-10-12-21(13-11-9-2)14-16(17(24)26-7)22(18(21)27-15(3)23)19(25)28-20(4,5)6/h8-9,16,18H,1-2,10-14H2,3-7H3/t16-,18?/m0/s1. The second-order valence-electron chi connectivity index (χ2n) is 8.11. The number of likely N-dealkylation sites (tertiary alicyclic amines) is 1. The van der Waals surface area contributed by atoms with E-state index < -0.39 is 41.3 Å². The summed E-state index contributed by atoms with van der Waals surface area (Å²) >= 11 is 0. The highest BCUT2D eigenvalue weighted by Crippen LogP contribution is 2.49. The lowest BCUT2D eigenvalue weighted by atomic mass is 9.75. The van der Waals surface area contributed by atoms with Crippen LogP contribution in [0.2, 0.25) is 0 Å². The minimum Gasteiger partial charge on any atom is -0.467 e. The molecule has 0 aromatic rings. The van der Waals surface area contributed by atoms with E-state index in [1.807, 2.05) is 0 Å². The van der Waals surface area contributed by atoms with E-state index in [0.29, 0.717) is 32.1 Å². The highest BCUT2D eigenvalue weighted by atomic mass is 16.6.